The molecule has 4 rings (SSSR count). The average molecular weight is 435 g/mol. The summed E-state index contributed by atoms with van der Waals surface area (Å²) in [5, 5.41) is 6.50. The van der Waals surface area contributed by atoms with Gasteiger partial charge in [-0.3, -0.25) is 9.59 Å². The van der Waals surface area contributed by atoms with Crippen molar-refractivity contribution in [1.29, 1.82) is 0 Å². The molecule has 0 radical (unpaired) electrons. The van der Waals surface area contributed by atoms with Crippen molar-refractivity contribution in [2.75, 3.05) is 5.32 Å². The molecule has 1 heterocycles. The lowest BCUT2D eigenvalue weighted by molar-refractivity contribution is -0.112. The Kier molecular flexibility index (Phi) is 5.93. The largest absolute Gasteiger partial charge is 0.346 e. The second-order valence-corrected chi connectivity index (χ2v) is 8.46. The Morgan fingerprint density at radius 2 is 1.87 bits per heavy atom. The lowest BCUT2D eigenvalue weighted by Crippen LogP contribution is -2.27. The van der Waals surface area contributed by atoms with Gasteiger partial charge in [-0.1, -0.05) is 65.8 Å². The summed E-state index contributed by atoms with van der Waals surface area (Å²) in [5.74, 6) is -0.392. The summed E-state index contributed by atoms with van der Waals surface area (Å²) >= 11 is 7.40. The highest BCUT2D eigenvalue weighted by molar-refractivity contribution is 8.04. The van der Waals surface area contributed by atoms with E-state index in [1.54, 1.807) is 30.3 Å². The molecular weight excluding hydrogens is 416 g/mol. The standard InChI is InChI=1S/C24H19ClN2O2S/c1-15(17-7-3-2-4-8-17)26-23(28)18-10-11-21-20(14-18)27-24(29)22(30-21)13-16-6-5-9-19(25)12-16/h2-15H,1H3,(H,26,28)(H,27,29)/b22-13+/t15-/m0/s1. The maximum atomic E-state index is 12.7. The zero-order valence-corrected chi connectivity index (χ0v) is 17.8. The number of carbonyl (C=O) groups is 2. The van der Waals surface area contributed by atoms with Gasteiger partial charge >= 0.3 is 0 Å². The van der Waals surface area contributed by atoms with Crippen LogP contribution < -0.4 is 10.6 Å². The maximum absolute atomic E-state index is 12.7. The average Bonchev–Trinajstić information content (AvgIpc) is 2.74. The molecule has 0 bridgehead atoms. The third kappa shape index (κ3) is 4.58. The minimum absolute atomic E-state index is 0.120. The van der Waals surface area contributed by atoms with Crippen molar-refractivity contribution < 1.29 is 9.59 Å². The topological polar surface area (TPSA) is 58.2 Å². The number of thioether (sulfide) groups is 1. The third-order valence-electron chi connectivity index (χ3n) is 4.73. The summed E-state index contributed by atoms with van der Waals surface area (Å²) in [6.07, 6.45) is 1.80. The molecule has 0 fully saturated rings. The monoisotopic (exact) mass is 434 g/mol. The zero-order chi connectivity index (χ0) is 21.1. The van der Waals surface area contributed by atoms with Crippen LogP contribution >= 0.6 is 23.4 Å². The van der Waals surface area contributed by atoms with Gasteiger partial charge in [0, 0.05) is 15.5 Å². The normalized spacial score (nSPS) is 15.3. The summed E-state index contributed by atoms with van der Waals surface area (Å²) in [6.45, 7) is 1.94. The molecule has 150 valence electrons. The van der Waals surface area contributed by atoms with Crippen molar-refractivity contribution in [2.24, 2.45) is 0 Å². The van der Waals surface area contributed by atoms with E-state index in [1.807, 2.05) is 55.5 Å². The third-order valence-corrected chi connectivity index (χ3v) is 6.06. The Bertz CT molecular complexity index is 1140. The Labute approximate surface area is 184 Å². The van der Waals surface area contributed by atoms with Crippen LogP contribution in [0.5, 0.6) is 0 Å². The molecule has 0 aromatic heterocycles. The second kappa shape index (κ2) is 8.78. The summed E-state index contributed by atoms with van der Waals surface area (Å²) in [4.78, 5) is 26.7. The van der Waals surface area contributed by atoms with Gasteiger partial charge < -0.3 is 10.6 Å². The van der Waals surface area contributed by atoms with Crippen molar-refractivity contribution in [3.63, 3.8) is 0 Å². The Balaban J connectivity index is 1.51. The van der Waals surface area contributed by atoms with E-state index in [4.69, 9.17) is 11.6 Å². The number of amides is 2. The van der Waals surface area contributed by atoms with E-state index in [9.17, 15) is 9.59 Å². The lowest BCUT2D eigenvalue weighted by atomic mass is 10.1. The molecule has 3 aromatic rings. The number of rotatable bonds is 4. The fourth-order valence-corrected chi connectivity index (χ4v) is 4.28. The first-order valence-corrected chi connectivity index (χ1v) is 10.7. The minimum atomic E-state index is -0.206. The highest BCUT2D eigenvalue weighted by Gasteiger charge is 2.22. The second-order valence-electron chi connectivity index (χ2n) is 6.94. The van der Waals surface area contributed by atoms with Crippen LogP contribution in [0.15, 0.2) is 82.6 Å². The van der Waals surface area contributed by atoms with E-state index in [0.717, 1.165) is 16.0 Å². The van der Waals surface area contributed by atoms with Gasteiger partial charge in [-0.25, -0.2) is 0 Å². The van der Waals surface area contributed by atoms with Crippen molar-refractivity contribution in [1.82, 2.24) is 5.32 Å². The van der Waals surface area contributed by atoms with E-state index in [-0.39, 0.29) is 17.9 Å². The number of halogens is 1. The quantitative estimate of drug-likeness (QED) is 0.501. The lowest BCUT2D eigenvalue weighted by Gasteiger charge is -2.20. The number of carbonyl (C=O) groups excluding carboxylic acids is 2. The van der Waals surface area contributed by atoms with E-state index < -0.39 is 0 Å². The molecule has 1 atom stereocenters. The van der Waals surface area contributed by atoms with Crippen LogP contribution in [-0.4, -0.2) is 11.8 Å². The Morgan fingerprint density at radius 3 is 2.63 bits per heavy atom. The summed E-state index contributed by atoms with van der Waals surface area (Å²) in [5.41, 5.74) is 3.02. The van der Waals surface area contributed by atoms with Crippen LogP contribution in [0.4, 0.5) is 5.69 Å². The molecule has 0 saturated heterocycles. The van der Waals surface area contributed by atoms with Gasteiger partial charge in [0.2, 0.25) is 0 Å². The van der Waals surface area contributed by atoms with Crippen LogP contribution in [0.25, 0.3) is 6.08 Å². The Hall–Kier alpha value is -3.02. The van der Waals surface area contributed by atoms with E-state index in [0.29, 0.717) is 21.2 Å². The van der Waals surface area contributed by atoms with Crippen LogP contribution in [0, 0.1) is 0 Å². The minimum Gasteiger partial charge on any atom is -0.346 e. The van der Waals surface area contributed by atoms with Gasteiger partial charge in [0.15, 0.2) is 0 Å². The first-order chi connectivity index (χ1) is 14.5. The summed E-state index contributed by atoms with van der Waals surface area (Å²) in [7, 11) is 0. The predicted molar refractivity (Wildman–Crippen MR) is 123 cm³/mol. The van der Waals surface area contributed by atoms with Gasteiger partial charge in [0.25, 0.3) is 11.8 Å². The molecule has 30 heavy (non-hydrogen) atoms. The van der Waals surface area contributed by atoms with Crippen molar-refractivity contribution in [3.05, 3.63) is 99.4 Å². The molecule has 1 aliphatic rings. The molecule has 2 amide bonds. The number of hydrogen-bond donors (Lipinski definition) is 2. The van der Waals surface area contributed by atoms with Gasteiger partial charge in [0.05, 0.1) is 16.6 Å². The van der Waals surface area contributed by atoms with E-state index in [1.165, 1.54) is 11.8 Å². The fourth-order valence-electron chi connectivity index (χ4n) is 3.15. The molecule has 6 heteroatoms. The maximum Gasteiger partial charge on any atom is 0.262 e. The molecule has 2 N–H and O–H groups in total. The number of hydrogen-bond acceptors (Lipinski definition) is 3. The summed E-state index contributed by atoms with van der Waals surface area (Å²) < 4.78 is 0. The molecule has 0 aliphatic carbocycles. The molecule has 3 aromatic carbocycles. The van der Waals surface area contributed by atoms with E-state index in [2.05, 4.69) is 10.6 Å². The van der Waals surface area contributed by atoms with Crippen molar-refractivity contribution in [3.8, 4) is 0 Å². The van der Waals surface area contributed by atoms with Crippen LogP contribution in [-0.2, 0) is 4.79 Å². The zero-order valence-electron chi connectivity index (χ0n) is 16.2. The molecular formula is C24H19ClN2O2S. The van der Waals surface area contributed by atoms with Crippen molar-refractivity contribution >= 4 is 46.9 Å². The first kappa shape index (κ1) is 20.3. The molecule has 0 spiro atoms. The van der Waals surface area contributed by atoms with Gasteiger partial charge in [0.1, 0.15) is 0 Å². The van der Waals surface area contributed by atoms with Gasteiger partial charge in [-0.05, 0) is 54.5 Å². The Morgan fingerprint density at radius 1 is 1.07 bits per heavy atom. The SMILES string of the molecule is C[C@H](NC(=O)c1ccc2c(c1)NC(=O)/C(=C\c1cccc(Cl)c1)S2)c1ccccc1. The van der Waals surface area contributed by atoms with Crippen LogP contribution in [0.1, 0.15) is 34.5 Å². The van der Waals surface area contributed by atoms with Crippen LogP contribution in [0.2, 0.25) is 5.02 Å². The number of anilines is 1. The van der Waals surface area contributed by atoms with Crippen molar-refractivity contribution in [2.45, 2.75) is 17.9 Å². The molecule has 0 saturated carbocycles. The highest BCUT2D eigenvalue weighted by atomic mass is 35.5. The molecule has 0 unspecified atom stereocenters. The number of fused-ring (bicyclic) bond motifs is 1. The van der Waals surface area contributed by atoms with Gasteiger partial charge in [-0.15, -0.1) is 0 Å². The summed E-state index contributed by atoms with van der Waals surface area (Å²) in [6, 6.07) is 22.3. The highest BCUT2D eigenvalue weighted by Crippen LogP contribution is 2.39. The van der Waals surface area contributed by atoms with Gasteiger partial charge in [-0.2, -0.15) is 0 Å². The number of nitrogens with one attached hydrogen (secondary N) is 2. The first-order valence-electron chi connectivity index (χ1n) is 9.46. The fraction of sp³-hybridized carbons (Fsp3) is 0.0833. The predicted octanol–water partition coefficient (Wildman–Crippen LogP) is 5.92. The number of benzene rings is 3. The van der Waals surface area contributed by atoms with E-state index >= 15 is 0 Å². The molecule has 4 nitrogen and oxygen atoms in total. The molecule has 1 aliphatic heterocycles. The smallest absolute Gasteiger partial charge is 0.262 e. The van der Waals surface area contributed by atoms with Crippen LogP contribution in [0.3, 0.4) is 0 Å².